The Morgan fingerprint density at radius 3 is 2.61 bits per heavy atom. The van der Waals surface area contributed by atoms with Gasteiger partial charge in [0.25, 0.3) is 0 Å². The van der Waals surface area contributed by atoms with Gasteiger partial charge in [-0.25, -0.2) is 0 Å². The van der Waals surface area contributed by atoms with Crippen molar-refractivity contribution in [1.29, 1.82) is 0 Å². The molecule has 0 saturated carbocycles. The lowest BCUT2D eigenvalue weighted by Gasteiger charge is -2.22. The summed E-state index contributed by atoms with van der Waals surface area (Å²) >= 11 is 0. The summed E-state index contributed by atoms with van der Waals surface area (Å²) in [5, 5.41) is 7.91. The molecule has 0 fully saturated rings. The molecule has 0 spiro atoms. The molecule has 1 aromatic carbocycles. The second kappa shape index (κ2) is 8.36. The van der Waals surface area contributed by atoms with Crippen LogP contribution in [0.1, 0.15) is 23.4 Å². The maximum Gasteiger partial charge on any atom is 0.193 e. The molecule has 0 radical (unpaired) electrons. The summed E-state index contributed by atoms with van der Waals surface area (Å²) in [5.41, 5.74) is 3.57. The van der Waals surface area contributed by atoms with Crippen LogP contribution >= 0.6 is 0 Å². The van der Waals surface area contributed by atoms with Crippen molar-refractivity contribution in [3.05, 3.63) is 53.3 Å². The molecule has 0 atom stereocenters. The molecule has 2 rings (SSSR count). The fourth-order valence-electron chi connectivity index (χ4n) is 2.65. The molecule has 1 heterocycles. The van der Waals surface area contributed by atoms with Crippen molar-refractivity contribution < 1.29 is 0 Å². The summed E-state index contributed by atoms with van der Waals surface area (Å²) < 4.78 is 2.06. The van der Waals surface area contributed by atoms with Crippen LogP contribution in [0.15, 0.2) is 41.4 Å². The van der Waals surface area contributed by atoms with Crippen molar-refractivity contribution in [2.45, 2.75) is 33.4 Å². The lowest BCUT2D eigenvalue weighted by molar-refractivity contribution is 0.470. The molecular weight excluding hydrogens is 286 g/mol. The van der Waals surface area contributed by atoms with E-state index in [-0.39, 0.29) is 0 Å². The molecule has 0 unspecified atom stereocenters. The van der Waals surface area contributed by atoms with Crippen molar-refractivity contribution in [3.63, 3.8) is 0 Å². The molecule has 2 aromatic rings. The molecule has 1 aromatic heterocycles. The van der Waals surface area contributed by atoms with Gasteiger partial charge >= 0.3 is 0 Å². The van der Waals surface area contributed by atoms with Crippen molar-refractivity contribution in [3.8, 4) is 0 Å². The standard InChI is InChI=1S/C18H27N5/c1-15-13-16(2)23(21-15)12-8-11-20-18(19-3)22(4)14-17-9-6-5-7-10-17/h5-7,9-10,13H,8,11-12,14H2,1-4H3,(H,19,20). The second-order valence-electron chi connectivity index (χ2n) is 5.82. The van der Waals surface area contributed by atoms with Crippen LogP contribution in [0.25, 0.3) is 0 Å². The zero-order chi connectivity index (χ0) is 16.7. The Morgan fingerprint density at radius 1 is 1.26 bits per heavy atom. The van der Waals surface area contributed by atoms with Crippen molar-refractivity contribution in [2.24, 2.45) is 4.99 Å². The SMILES string of the molecule is CN=C(NCCCn1nc(C)cc1C)N(C)Cc1ccccc1. The first-order chi connectivity index (χ1) is 11.1. The number of hydrogen-bond donors (Lipinski definition) is 1. The zero-order valence-corrected chi connectivity index (χ0v) is 14.6. The van der Waals surface area contributed by atoms with E-state index in [9.17, 15) is 0 Å². The molecule has 5 nitrogen and oxygen atoms in total. The molecule has 23 heavy (non-hydrogen) atoms. The summed E-state index contributed by atoms with van der Waals surface area (Å²) in [5.74, 6) is 0.919. The molecule has 1 N–H and O–H groups in total. The van der Waals surface area contributed by atoms with Crippen LogP contribution in [-0.4, -0.2) is 41.3 Å². The van der Waals surface area contributed by atoms with Crippen molar-refractivity contribution in [1.82, 2.24) is 20.0 Å². The van der Waals surface area contributed by atoms with E-state index in [0.29, 0.717) is 0 Å². The van der Waals surface area contributed by atoms with Crippen LogP contribution in [-0.2, 0) is 13.1 Å². The van der Waals surface area contributed by atoms with E-state index in [1.807, 2.05) is 20.0 Å². The van der Waals surface area contributed by atoms with E-state index in [1.165, 1.54) is 11.3 Å². The highest BCUT2D eigenvalue weighted by atomic mass is 15.3. The van der Waals surface area contributed by atoms with Gasteiger partial charge in [-0.05, 0) is 31.9 Å². The van der Waals surface area contributed by atoms with Crippen molar-refractivity contribution >= 4 is 5.96 Å². The lowest BCUT2D eigenvalue weighted by Crippen LogP contribution is -2.39. The van der Waals surface area contributed by atoms with Gasteiger partial charge in [0.05, 0.1) is 5.69 Å². The number of hydrogen-bond acceptors (Lipinski definition) is 2. The van der Waals surface area contributed by atoms with Gasteiger partial charge in [-0.2, -0.15) is 5.10 Å². The first-order valence-electron chi connectivity index (χ1n) is 8.07. The van der Waals surface area contributed by atoms with Gasteiger partial charge in [0.15, 0.2) is 5.96 Å². The minimum Gasteiger partial charge on any atom is -0.356 e. The Hall–Kier alpha value is -2.30. The number of aromatic nitrogens is 2. The number of nitrogens with one attached hydrogen (secondary N) is 1. The highest BCUT2D eigenvalue weighted by molar-refractivity contribution is 5.79. The van der Waals surface area contributed by atoms with E-state index in [4.69, 9.17) is 0 Å². The average Bonchev–Trinajstić information content (AvgIpc) is 2.86. The lowest BCUT2D eigenvalue weighted by atomic mass is 10.2. The van der Waals surface area contributed by atoms with Gasteiger partial charge < -0.3 is 10.2 Å². The van der Waals surface area contributed by atoms with E-state index >= 15 is 0 Å². The van der Waals surface area contributed by atoms with Crippen LogP contribution in [0.3, 0.4) is 0 Å². The first kappa shape index (κ1) is 17.1. The Kier molecular flexibility index (Phi) is 6.20. The van der Waals surface area contributed by atoms with Crippen LogP contribution in [0.4, 0.5) is 0 Å². The van der Waals surface area contributed by atoms with Gasteiger partial charge in [0, 0.05) is 39.4 Å². The Morgan fingerprint density at radius 2 is 2.00 bits per heavy atom. The van der Waals surface area contributed by atoms with Crippen LogP contribution < -0.4 is 5.32 Å². The minimum atomic E-state index is 0.845. The first-order valence-corrected chi connectivity index (χ1v) is 8.07. The van der Waals surface area contributed by atoms with Crippen molar-refractivity contribution in [2.75, 3.05) is 20.6 Å². The predicted molar refractivity (Wildman–Crippen MR) is 95.6 cm³/mol. The Bertz CT molecular complexity index is 630. The molecule has 0 aliphatic rings. The molecule has 0 saturated heterocycles. The molecule has 0 amide bonds. The van der Waals surface area contributed by atoms with E-state index in [0.717, 1.165) is 37.7 Å². The topological polar surface area (TPSA) is 45.5 Å². The summed E-state index contributed by atoms with van der Waals surface area (Å²) in [6.07, 6.45) is 1.01. The average molecular weight is 313 g/mol. The van der Waals surface area contributed by atoms with E-state index in [1.54, 1.807) is 0 Å². The predicted octanol–water partition coefficient (Wildman–Crippen LogP) is 2.60. The number of benzene rings is 1. The fourth-order valence-corrected chi connectivity index (χ4v) is 2.65. The number of nitrogens with zero attached hydrogens (tertiary/aromatic N) is 4. The molecule has 5 heteroatoms. The molecule has 0 bridgehead atoms. The molecule has 124 valence electrons. The summed E-state index contributed by atoms with van der Waals surface area (Å²) in [7, 11) is 3.88. The third-order valence-corrected chi connectivity index (χ3v) is 3.77. The summed E-state index contributed by atoms with van der Waals surface area (Å²) in [6.45, 7) is 6.77. The van der Waals surface area contributed by atoms with Gasteiger partial charge in [0.1, 0.15) is 0 Å². The third kappa shape index (κ3) is 5.13. The fraction of sp³-hybridized carbons (Fsp3) is 0.444. The van der Waals surface area contributed by atoms with Crippen LogP contribution in [0.2, 0.25) is 0 Å². The smallest absolute Gasteiger partial charge is 0.193 e. The normalized spacial score (nSPS) is 11.6. The maximum absolute atomic E-state index is 4.49. The molecule has 0 aliphatic carbocycles. The molecule has 0 aliphatic heterocycles. The molecular formula is C18H27N5. The summed E-state index contributed by atoms with van der Waals surface area (Å²) in [6, 6.07) is 12.5. The number of aliphatic imine (C=N–C) groups is 1. The van der Waals surface area contributed by atoms with E-state index in [2.05, 4.69) is 69.3 Å². The van der Waals surface area contributed by atoms with Gasteiger partial charge in [-0.3, -0.25) is 9.67 Å². The largest absolute Gasteiger partial charge is 0.356 e. The highest BCUT2D eigenvalue weighted by Gasteiger charge is 2.06. The summed E-state index contributed by atoms with van der Waals surface area (Å²) in [4.78, 5) is 6.50. The van der Waals surface area contributed by atoms with Gasteiger partial charge in [-0.15, -0.1) is 0 Å². The van der Waals surface area contributed by atoms with Gasteiger partial charge in [0.2, 0.25) is 0 Å². The quantitative estimate of drug-likeness (QED) is 0.506. The van der Waals surface area contributed by atoms with Crippen LogP contribution in [0.5, 0.6) is 0 Å². The zero-order valence-electron chi connectivity index (χ0n) is 14.6. The van der Waals surface area contributed by atoms with E-state index < -0.39 is 0 Å². The maximum atomic E-state index is 4.49. The highest BCUT2D eigenvalue weighted by Crippen LogP contribution is 2.04. The Labute approximate surface area is 139 Å². The minimum absolute atomic E-state index is 0.845. The van der Waals surface area contributed by atoms with Crippen LogP contribution in [0, 0.1) is 13.8 Å². The Balaban J connectivity index is 1.77. The second-order valence-corrected chi connectivity index (χ2v) is 5.82. The van der Waals surface area contributed by atoms with Gasteiger partial charge in [-0.1, -0.05) is 30.3 Å². The number of aryl methyl sites for hydroxylation is 3. The number of guanidine groups is 1. The monoisotopic (exact) mass is 313 g/mol. The third-order valence-electron chi connectivity index (χ3n) is 3.77. The number of rotatable bonds is 6.